The monoisotopic (exact) mass is 332 g/mol. The molecule has 4 heteroatoms. The molecule has 1 aliphatic rings. The van der Waals surface area contributed by atoms with Crippen molar-refractivity contribution in [2.75, 3.05) is 19.7 Å². The van der Waals surface area contributed by atoms with Gasteiger partial charge in [0.1, 0.15) is 5.75 Å². The predicted octanol–water partition coefficient (Wildman–Crippen LogP) is 3.36. The fraction of sp³-hybridized carbons (Fsp3) is 0.650. The van der Waals surface area contributed by atoms with Gasteiger partial charge in [0.15, 0.2) is 0 Å². The summed E-state index contributed by atoms with van der Waals surface area (Å²) in [6, 6.07) is 7.99. The third-order valence-corrected chi connectivity index (χ3v) is 4.67. The van der Waals surface area contributed by atoms with E-state index >= 15 is 0 Å². The van der Waals surface area contributed by atoms with Gasteiger partial charge in [-0.25, -0.2) is 0 Å². The van der Waals surface area contributed by atoms with Crippen LogP contribution >= 0.6 is 0 Å². The Hall–Kier alpha value is -1.55. The number of amides is 1. The first-order valence-corrected chi connectivity index (χ1v) is 9.23. The lowest BCUT2D eigenvalue weighted by atomic mass is 9.84. The Morgan fingerprint density at radius 3 is 2.75 bits per heavy atom. The topological polar surface area (TPSA) is 50.4 Å². The normalized spacial score (nSPS) is 16.8. The highest BCUT2D eigenvalue weighted by Crippen LogP contribution is 2.24. The van der Waals surface area contributed by atoms with E-state index in [1.165, 1.54) is 12.8 Å². The van der Waals surface area contributed by atoms with Crippen LogP contribution in [0.1, 0.15) is 45.6 Å². The molecular formula is C20H32N2O2. The molecule has 4 nitrogen and oxygen atoms in total. The van der Waals surface area contributed by atoms with Crippen LogP contribution in [0.3, 0.4) is 0 Å². The van der Waals surface area contributed by atoms with Crippen molar-refractivity contribution in [2.45, 2.75) is 46.6 Å². The van der Waals surface area contributed by atoms with Gasteiger partial charge in [-0.1, -0.05) is 32.9 Å². The molecule has 2 N–H and O–H groups in total. The lowest BCUT2D eigenvalue weighted by Gasteiger charge is -2.27. The molecule has 1 aromatic rings. The molecule has 24 heavy (non-hydrogen) atoms. The molecule has 0 saturated carbocycles. The number of benzene rings is 1. The van der Waals surface area contributed by atoms with Gasteiger partial charge in [0.05, 0.1) is 6.61 Å². The largest absolute Gasteiger partial charge is 0.493 e. The van der Waals surface area contributed by atoms with Gasteiger partial charge >= 0.3 is 0 Å². The standard InChI is InChI=1S/C20H32N2O2/c1-15(2)14-24-19-6-4-5-17(12-19)13-22-20(23)11-16(3)18-7-9-21-10-8-18/h4-6,12,15-16,18,21H,7-11,13-14H2,1-3H3,(H,22,23). The van der Waals surface area contributed by atoms with Crippen molar-refractivity contribution in [3.05, 3.63) is 29.8 Å². The van der Waals surface area contributed by atoms with Gasteiger partial charge in [0, 0.05) is 13.0 Å². The van der Waals surface area contributed by atoms with Crippen molar-refractivity contribution in [1.82, 2.24) is 10.6 Å². The average molecular weight is 332 g/mol. The quantitative estimate of drug-likeness (QED) is 0.767. The van der Waals surface area contributed by atoms with Gasteiger partial charge < -0.3 is 15.4 Å². The smallest absolute Gasteiger partial charge is 0.220 e. The second kappa shape index (κ2) is 9.67. The first-order valence-electron chi connectivity index (χ1n) is 9.23. The number of hydrogen-bond acceptors (Lipinski definition) is 3. The number of hydrogen-bond donors (Lipinski definition) is 2. The Balaban J connectivity index is 1.75. The summed E-state index contributed by atoms with van der Waals surface area (Å²) in [7, 11) is 0. The van der Waals surface area contributed by atoms with Crippen LogP contribution in [0.4, 0.5) is 0 Å². The van der Waals surface area contributed by atoms with Crippen LogP contribution in [0.5, 0.6) is 5.75 Å². The molecule has 1 aliphatic heterocycles. The highest BCUT2D eigenvalue weighted by molar-refractivity contribution is 5.76. The second-order valence-electron chi connectivity index (χ2n) is 7.40. The van der Waals surface area contributed by atoms with Gasteiger partial charge in [-0.2, -0.15) is 0 Å². The van der Waals surface area contributed by atoms with Gasteiger partial charge in [-0.3, -0.25) is 4.79 Å². The Bertz CT molecular complexity index is 510. The molecule has 1 saturated heterocycles. The van der Waals surface area contributed by atoms with Gasteiger partial charge in [-0.05, 0) is 61.4 Å². The van der Waals surface area contributed by atoms with E-state index in [2.05, 4.69) is 31.4 Å². The fourth-order valence-corrected chi connectivity index (χ4v) is 3.15. The maximum atomic E-state index is 12.2. The van der Waals surface area contributed by atoms with E-state index in [9.17, 15) is 4.79 Å². The third kappa shape index (κ3) is 6.52. The lowest BCUT2D eigenvalue weighted by Crippen LogP contribution is -2.33. The van der Waals surface area contributed by atoms with Crippen molar-refractivity contribution in [2.24, 2.45) is 17.8 Å². The van der Waals surface area contributed by atoms with Crippen LogP contribution in [0.15, 0.2) is 24.3 Å². The molecule has 1 heterocycles. The van der Waals surface area contributed by atoms with Crippen molar-refractivity contribution in [3.63, 3.8) is 0 Å². The molecule has 0 aromatic heterocycles. The van der Waals surface area contributed by atoms with Crippen molar-refractivity contribution in [1.29, 1.82) is 0 Å². The summed E-state index contributed by atoms with van der Waals surface area (Å²) in [5.74, 6) is 2.65. The van der Waals surface area contributed by atoms with Gasteiger partial charge in [0.25, 0.3) is 0 Å². The molecule has 1 fully saturated rings. The minimum absolute atomic E-state index is 0.148. The second-order valence-corrected chi connectivity index (χ2v) is 7.40. The summed E-state index contributed by atoms with van der Waals surface area (Å²) in [4.78, 5) is 12.2. The number of carbonyl (C=O) groups is 1. The van der Waals surface area contributed by atoms with Crippen LogP contribution in [-0.4, -0.2) is 25.6 Å². The summed E-state index contributed by atoms with van der Waals surface area (Å²) in [6.45, 7) is 9.91. The lowest BCUT2D eigenvalue weighted by molar-refractivity contribution is -0.122. The summed E-state index contributed by atoms with van der Waals surface area (Å²) >= 11 is 0. The summed E-state index contributed by atoms with van der Waals surface area (Å²) in [6.07, 6.45) is 2.99. The Labute approximate surface area is 146 Å². The molecule has 1 atom stereocenters. The zero-order valence-corrected chi connectivity index (χ0v) is 15.3. The Morgan fingerprint density at radius 1 is 1.29 bits per heavy atom. The van der Waals surface area contributed by atoms with E-state index in [1.807, 2.05) is 24.3 Å². The summed E-state index contributed by atoms with van der Waals surface area (Å²) < 4.78 is 5.74. The summed E-state index contributed by atoms with van der Waals surface area (Å²) in [5, 5.41) is 6.43. The molecule has 0 bridgehead atoms. The fourth-order valence-electron chi connectivity index (χ4n) is 3.15. The maximum absolute atomic E-state index is 12.2. The van der Waals surface area contributed by atoms with Crippen LogP contribution in [0, 0.1) is 17.8 Å². The molecule has 0 radical (unpaired) electrons. The van der Waals surface area contributed by atoms with E-state index in [1.54, 1.807) is 0 Å². The maximum Gasteiger partial charge on any atom is 0.220 e. The molecule has 1 amide bonds. The average Bonchev–Trinajstić information content (AvgIpc) is 2.59. The highest BCUT2D eigenvalue weighted by Gasteiger charge is 2.21. The van der Waals surface area contributed by atoms with Crippen LogP contribution in [0.2, 0.25) is 0 Å². The van der Waals surface area contributed by atoms with Crippen LogP contribution < -0.4 is 15.4 Å². The van der Waals surface area contributed by atoms with Crippen LogP contribution in [-0.2, 0) is 11.3 Å². The molecule has 1 aromatic carbocycles. The van der Waals surface area contributed by atoms with Gasteiger partial charge in [-0.15, -0.1) is 0 Å². The first-order chi connectivity index (χ1) is 11.5. The van der Waals surface area contributed by atoms with Crippen LogP contribution in [0.25, 0.3) is 0 Å². The zero-order valence-electron chi connectivity index (χ0n) is 15.3. The summed E-state index contributed by atoms with van der Waals surface area (Å²) in [5.41, 5.74) is 1.08. The predicted molar refractivity (Wildman–Crippen MR) is 98.0 cm³/mol. The highest BCUT2D eigenvalue weighted by atomic mass is 16.5. The number of piperidine rings is 1. The Morgan fingerprint density at radius 2 is 2.04 bits per heavy atom. The number of carbonyl (C=O) groups excluding carboxylic acids is 1. The van der Waals surface area contributed by atoms with E-state index in [0.717, 1.165) is 24.4 Å². The number of ether oxygens (including phenoxy) is 1. The Kier molecular flexibility index (Phi) is 7.57. The number of nitrogens with one attached hydrogen (secondary N) is 2. The first kappa shape index (κ1) is 18.8. The zero-order chi connectivity index (χ0) is 17.4. The van der Waals surface area contributed by atoms with E-state index in [4.69, 9.17) is 4.74 Å². The van der Waals surface area contributed by atoms with Crippen molar-refractivity contribution in [3.8, 4) is 5.75 Å². The minimum Gasteiger partial charge on any atom is -0.493 e. The third-order valence-electron chi connectivity index (χ3n) is 4.67. The van der Waals surface area contributed by atoms with Gasteiger partial charge in [0.2, 0.25) is 5.91 Å². The minimum atomic E-state index is 0.148. The molecule has 134 valence electrons. The van der Waals surface area contributed by atoms with E-state index in [-0.39, 0.29) is 5.91 Å². The van der Waals surface area contributed by atoms with E-state index < -0.39 is 0 Å². The van der Waals surface area contributed by atoms with E-state index in [0.29, 0.717) is 37.3 Å². The molecule has 1 unspecified atom stereocenters. The van der Waals surface area contributed by atoms with Crippen molar-refractivity contribution < 1.29 is 9.53 Å². The number of rotatable bonds is 8. The molecular weight excluding hydrogens is 300 g/mol. The van der Waals surface area contributed by atoms with Crippen molar-refractivity contribution >= 4 is 5.91 Å². The SMILES string of the molecule is CC(C)COc1cccc(CNC(=O)CC(C)C2CCNCC2)c1. The molecule has 2 rings (SSSR count). The molecule has 0 spiro atoms. The molecule has 0 aliphatic carbocycles.